The Bertz CT molecular complexity index is 721. The zero-order chi connectivity index (χ0) is 17.2. The molecule has 0 saturated carbocycles. The molecule has 1 aliphatic rings. The van der Waals surface area contributed by atoms with Gasteiger partial charge in [0.2, 0.25) is 0 Å². The standard InChI is InChI=1S/C19H24N2O3/c1-19(2,14-7-4-5-9-17(14)23-3)21-18(22)20-15-8-6-10-16-13(15)11-12-24-16/h4-5,7,9,11-12,15H,6,8,10H2,1-3H3,(H2,20,21,22). The topological polar surface area (TPSA) is 63.5 Å². The van der Waals surface area contributed by atoms with Gasteiger partial charge in [0, 0.05) is 17.5 Å². The molecule has 1 aromatic carbocycles. The minimum absolute atomic E-state index is 0.000897. The number of urea groups is 1. The Labute approximate surface area is 142 Å². The summed E-state index contributed by atoms with van der Waals surface area (Å²) < 4.78 is 10.9. The van der Waals surface area contributed by atoms with Gasteiger partial charge in [0.1, 0.15) is 11.5 Å². The van der Waals surface area contributed by atoms with E-state index in [0.29, 0.717) is 0 Å². The largest absolute Gasteiger partial charge is 0.496 e. The van der Waals surface area contributed by atoms with Gasteiger partial charge in [0.25, 0.3) is 0 Å². The number of furan rings is 1. The second-order valence-electron chi connectivity index (χ2n) is 6.67. The van der Waals surface area contributed by atoms with Crippen LogP contribution in [0.25, 0.3) is 0 Å². The number of hydrogen-bond acceptors (Lipinski definition) is 3. The predicted molar refractivity (Wildman–Crippen MR) is 92.1 cm³/mol. The van der Waals surface area contributed by atoms with Crippen molar-refractivity contribution in [1.29, 1.82) is 0 Å². The highest BCUT2D eigenvalue weighted by atomic mass is 16.5. The number of methoxy groups -OCH3 is 1. The molecule has 3 rings (SSSR count). The van der Waals surface area contributed by atoms with Gasteiger partial charge in [-0.2, -0.15) is 0 Å². The fourth-order valence-electron chi connectivity index (χ4n) is 3.34. The Balaban J connectivity index is 1.71. The molecule has 0 aliphatic heterocycles. The summed E-state index contributed by atoms with van der Waals surface area (Å²) >= 11 is 0. The van der Waals surface area contributed by atoms with Gasteiger partial charge in [0.15, 0.2) is 0 Å². The molecule has 1 aromatic heterocycles. The van der Waals surface area contributed by atoms with Gasteiger partial charge in [-0.1, -0.05) is 18.2 Å². The number of benzene rings is 1. The first kappa shape index (κ1) is 16.4. The number of ether oxygens (including phenoxy) is 1. The summed E-state index contributed by atoms with van der Waals surface area (Å²) in [5.41, 5.74) is 1.48. The van der Waals surface area contributed by atoms with Gasteiger partial charge in [0.05, 0.1) is 25.0 Å². The molecule has 128 valence electrons. The highest BCUT2D eigenvalue weighted by Gasteiger charge is 2.29. The van der Waals surface area contributed by atoms with Crippen LogP contribution in [0.5, 0.6) is 5.75 Å². The smallest absolute Gasteiger partial charge is 0.315 e. The maximum Gasteiger partial charge on any atom is 0.315 e. The molecule has 0 spiro atoms. The molecule has 5 heteroatoms. The Morgan fingerprint density at radius 2 is 2.08 bits per heavy atom. The average molecular weight is 328 g/mol. The molecule has 2 aromatic rings. The van der Waals surface area contributed by atoms with E-state index in [9.17, 15) is 4.79 Å². The van der Waals surface area contributed by atoms with E-state index in [1.165, 1.54) is 0 Å². The van der Waals surface area contributed by atoms with Gasteiger partial charge < -0.3 is 19.8 Å². The molecule has 2 amide bonds. The first-order valence-corrected chi connectivity index (χ1v) is 8.29. The number of para-hydroxylation sites is 1. The van der Waals surface area contributed by atoms with Crippen LogP contribution in [0, 0.1) is 0 Å². The maximum absolute atomic E-state index is 12.5. The summed E-state index contributed by atoms with van der Waals surface area (Å²) in [6.45, 7) is 3.93. The van der Waals surface area contributed by atoms with Crippen LogP contribution in [0.1, 0.15) is 49.6 Å². The van der Waals surface area contributed by atoms with E-state index < -0.39 is 5.54 Å². The highest BCUT2D eigenvalue weighted by Crippen LogP contribution is 2.31. The Hall–Kier alpha value is -2.43. The number of amides is 2. The summed E-state index contributed by atoms with van der Waals surface area (Å²) in [7, 11) is 1.64. The molecule has 0 fully saturated rings. The first-order chi connectivity index (χ1) is 11.5. The quantitative estimate of drug-likeness (QED) is 0.894. The highest BCUT2D eigenvalue weighted by molar-refractivity contribution is 5.75. The van der Waals surface area contributed by atoms with E-state index in [-0.39, 0.29) is 12.1 Å². The zero-order valence-electron chi connectivity index (χ0n) is 14.4. The molecule has 1 atom stereocenters. The van der Waals surface area contributed by atoms with Crippen molar-refractivity contribution in [1.82, 2.24) is 10.6 Å². The number of aryl methyl sites for hydroxylation is 1. The molecule has 5 nitrogen and oxygen atoms in total. The van der Waals surface area contributed by atoms with Crippen LogP contribution in [-0.2, 0) is 12.0 Å². The molecular formula is C19H24N2O3. The maximum atomic E-state index is 12.5. The molecular weight excluding hydrogens is 304 g/mol. The number of hydrogen-bond donors (Lipinski definition) is 2. The Kier molecular flexibility index (Phi) is 4.51. The summed E-state index contributed by atoms with van der Waals surface area (Å²) in [5, 5.41) is 6.13. The fraction of sp³-hybridized carbons (Fsp3) is 0.421. The second-order valence-corrected chi connectivity index (χ2v) is 6.67. The molecule has 0 saturated heterocycles. The molecule has 1 aliphatic carbocycles. The normalized spacial score (nSPS) is 17.0. The molecule has 1 unspecified atom stereocenters. The number of fused-ring (bicyclic) bond motifs is 1. The van der Waals surface area contributed by atoms with E-state index in [2.05, 4.69) is 10.6 Å². The van der Waals surface area contributed by atoms with Crippen molar-refractivity contribution in [3.05, 3.63) is 53.5 Å². The molecule has 0 radical (unpaired) electrons. The van der Waals surface area contributed by atoms with E-state index in [1.807, 2.05) is 44.2 Å². The van der Waals surface area contributed by atoms with Crippen LogP contribution in [0.4, 0.5) is 4.79 Å². The summed E-state index contributed by atoms with van der Waals surface area (Å²) in [4.78, 5) is 12.5. The number of nitrogens with one attached hydrogen (secondary N) is 2. The second kappa shape index (κ2) is 6.59. The van der Waals surface area contributed by atoms with Crippen molar-refractivity contribution in [3.63, 3.8) is 0 Å². The average Bonchev–Trinajstić information content (AvgIpc) is 3.04. The third-order valence-electron chi connectivity index (χ3n) is 4.56. The third kappa shape index (κ3) is 3.25. The van der Waals surface area contributed by atoms with Crippen molar-refractivity contribution >= 4 is 6.03 Å². The molecule has 1 heterocycles. The molecule has 2 N–H and O–H groups in total. The van der Waals surface area contributed by atoms with Crippen LogP contribution in [-0.4, -0.2) is 13.1 Å². The van der Waals surface area contributed by atoms with E-state index in [1.54, 1.807) is 13.4 Å². The lowest BCUT2D eigenvalue weighted by Gasteiger charge is -2.30. The van der Waals surface area contributed by atoms with Gasteiger partial charge in [-0.05, 0) is 38.8 Å². The Morgan fingerprint density at radius 3 is 2.88 bits per heavy atom. The van der Waals surface area contributed by atoms with Crippen molar-refractivity contribution in [2.45, 2.75) is 44.7 Å². The van der Waals surface area contributed by atoms with Gasteiger partial charge in [-0.25, -0.2) is 4.79 Å². The molecule has 24 heavy (non-hydrogen) atoms. The van der Waals surface area contributed by atoms with Crippen molar-refractivity contribution < 1.29 is 13.9 Å². The van der Waals surface area contributed by atoms with Crippen LogP contribution < -0.4 is 15.4 Å². The van der Waals surface area contributed by atoms with E-state index in [4.69, 9.17) is 9.15 Å². The van der Waals surface area contributed by atoms with Crippen LogP contribution in [0.2, 0.25) is 0 Å². The summed E-state index contributed by atoms with van der Waals surface area (Å²) in [6, 6.07) is 9.48. The minimum atomic E-state index is -0.551. The van der Waals surface area contributed by atoms with Crippen LogP contribution in [0.15, 0.2) is 41.0 Å². The number of rotatable bonds is 4. The summed E-state index contributed by atoms with van der Waals surface area (Å²) in [5.74, 6) is 1.74. The molecule has 0 bridgehead atoms. The van der Waals surface area contributed by atoms with Gasteiger partial charge in [-0.3, -0.25) is 0 Å². The summed E-state index contributed by atoms with van der Waals surface area (Å²) in [6.07, 6.45) is 4.58. The van der Waals surface area contributed by atoms with E-state index >= 15 is 0 Å². The van der Waals surface area contributed by atoms with Crippen LogP contribution in [0.3, 0.4) is 0 Å². The Morgan fingerprint density at radius 1 is 1.29 bits per heavy atom. The van der Waals surface area contributed by atoms with Gasteiger partial charge >= 0.3 is 6.03 Å². The lowest BCUT2D eigenvalue weighted by atomic mass is 9.92. The van der Waals surface area contributed by atoms with Crippen molar-refractivity contribution in [2.75, 3.05) is 7.11 Å². The SMILES string of the molecule is COc1ccccc1C(C)(C)NC(=O)NC1CCCc2occc21. The third-order valence-corrected chi connectivity index (χ3v) is 4.56. The monoisotopic (exact) mass is 328 g/mol. The number of carbonyl (C=O) groups excluding carboxylic acids is 1. The van der Waals surface area contributed by atoms with E-state index in [0.717, 1.165) is 41.9 Å². The zero-order valence-corrected chi connectivity index (χ0v) is 14.4. The van der Waals surface area contributed by atoms with Crippen LogP contribution >= 0.6 is 0 Å². The lowest BCUT2D eigenvalue weighted by Crippen LogP contribution is -2.47. The fourth-order valence-corrected chi connectivity index (χ4v) is 3.34. The predicted octanol–water partition coefficient (Wildman–Crippen LogP) is 3.90. The first-order valence-electron chi connectivity index (χ1n) is 8.29. The van der Waals surface area contributed by atoms with Crippen molar-refractivity contribution in [2.24, 2.45) is 0 Å². The van der Waals surface area contributed by atoms with Gasteiger partial charge in [-0.15, -0.1) is 0 Å². The lowest BCUT2D eigenvalue weighted by molar-refractivity contribution is 0.223. The van der Waals surface area contributed by atoms with Crippen molar-refractivity contribution in [3.8, 4) is 5.75 Å². The number of carbonyl (C=O) groups is 1. The minimum Gasteiger partial charge on any atom is -0.496 e.